The summed E-state index contributed by atoms with van der Waals surface area (Å²) in [7, 11) is 0. The third-order valence-corrected chi connectivity index (χ3v) is 0. The van der Waals surface area contributed by atoms with E-state index in [0.29, 0.717) is 0 Å². The van der Waals surface area contributed by atoms with Crippen LogP contribution >= 0.6 is 0 Å². The fourth-order valence-electron chi connectivity index (χ4n) is 0. The Kier molecular flexibility index (Phi) is 24.7. The van der Waals surface area contributed by atoms with Gasteiger partial charge in [-0.05, 0) is 6.16 Å². The smallest absolute Gasteiger partial charge is 0 e. The van der Waals surface area contributed by atoms with Crippen LogP contribution in [0.25, 0.3) is 0 Å². The van der Waals surface area contributed by atoms with Gasteiger partial charge in [0.15, 0.2) is 0 Å². The Morgan fingerprint density at radius 3 is 1.33 bits per heavy atom. The largest absolute Gasteiger partial charge is 0.652 e. The van der Waals surface area contributed by atoms with Gasteiger partial charge in [0.1, 0.15) is 0 Å². The number of rotatable bonds is 0. The zero-order valence-corrected chi connectivity index (χ0v) is 4.01. The van der Waals surface area contributed by atoms with Crippen LogP contribution in [0.3, 0.4) is 0 Å². The quantitative estimate of drug-likeness (QED) is 0.371. The van der Waals surface area contributed by atoms with E-state index in [1.807, 2.05) is 0 Å². The van der Waals surface area contributed by atoms with Crippen LogP contribution in [0.4, 0.5) is 4.79 Å². The average molecular weight is 186 g/mol. The minimum Gasteiger partial charge on any atom is -0.652 e. The van der Waals surface area contributed by atoms with Gasteiger partial charge in [-0.1, -0.05) is 0 Å². The molecule has 43 valence electrons. The van der Waals surface area contributed by atoms with Crippen LogP contribution in [0.15, 0.2) is 0 Å². The van der Waals surface area contributed by atoms with Gasteiger partial charge in [0, 0.05) is 22.4 Å². The van der Waals surface area contributed by atoms with Crippen molar-refractivity contribution in [2.45, 2.75) is 0 Å². The summed E-state index contributed by atoms with van der Waals surface area (Å²) < 4.78 is 0. The molecule has 1 radical (unpaired) electrons. The molecule has 5 heteroatoms. The number of carboxylic acid groups (broad SMARTS) is 2. The Labute approximate surface area is 49.6 Å². The number of hydrogen-bond donors (Lipinski definition) is 0. The standard InChI is InChI=1S/CH2O3.Ag.H2O/c2-1(3)4;;/h(H2,2,3,4);;1H2/p-2. The van der Waals surface area contributed by atoms with E-state index in [1.54, 1.807) is 0 Å². The molecule has 0 fully saturated rings. The maximum Gasteiger partial charge on any atom is 0 e. The minimum atomic E-state index is -2.33. The predicted molar refractivity (Wildman–Crippen MR) is 9.01 cm³/mol. The summed E-state index contributed by atoms with van der Waals surface area (Å²) in [6.07, 6.45) is -2.33. The number of carbonyl (C=O) groups excluding carboxylic acids is 1. The van der Waals surface area contributed by atoms with E-state index < -0.39 is 6.16 Å². The molecule has 0 saturated heterocycles. The molecule has 0 aliphatic heterocycles. The molecule has 2 N–H and O–H groups in total. The molecule has 0 amide bonds. The molecule has 0 aromatic heterocycles. The van der Waals surface area contributed by atoms with Gasteiger partial charge in [-0.3, -0.25) is 0 Å². The van der Waals surface area contributed by atoms with Gasteiger partial charge in [0.05, 0.1) is 0 Å². The minimum absolute atomic E-state index is 0. The summed E-state index contributed by atoms with van der Waals surface area (Å²) in [4.78, 5) is 8.33. The van der Waals surface area contributed by atoms with Crippen LogP contribution in [-0.4, -0.2) is 11.6 Å². The molecule has 0 heterocycles. The maximum absolute atomic E-state index is 8.33. The first-order chi connectivity index (χ1) is 1.73. The molecule has 6 heavy (non-hydrogen) atoms. The summed E-state index contributed by atoms with van der Waals surface area (Å²) in [6, 6.07) is 0. The second-order valence-electron chi connectivity index (χ2n) is 0.250. The average Bonchev–Trinajstić information content (AvgIpc) is 0.811. The van der Waals surface area contributed by atoms with E-state index in [1.165, 1.54) is 0 Å². The molecule has 0 rings (SSSR count). The normalized spacial score (nSPS) is 4.00. The van der Waals surface area contributed by atoms with Crippen molar-refractivity contribution in [1.82, 2.24) is 0 Å². The monoisotopic (exact) mass is 185 g/mol. The predicted octanol–water partition coefficient (Wildman–Crippen LogP) is -3.27. The van der Waals surface area contributed by atoms with Crippen molar-refractivity contribution >= 4 is 6.16 Å². The zero-order chi connectivity index (χ0) is 3.58. The summed E-state index contributed by atoms with van der Waals surface area (Å²) in [5, 5.41) is 16.7. The first-order valence-corrected chi connectivity index (χ1v) is 0.612. The number of hydrogen-bond acceptors (Lipinski definition) is 3. The molecule has 0 atom stereocenters. The van der Waals surface area contributed by atoms with Crippen molar-refractivity contribution < 1.29 is 42.9 Å². The molecule has 0 spiro atoms. The van der Waals surface area contributed by atoms with Crippen LogP contribution < -0.4 is 10.2 Å². The summed E-state index contributed by atoms with van der Waals surface area (Å²) in [5.74, 6) is 0. The third-order valence-electron chi connectivity index (χ3n) is 0. The first-order valence-electron chi connectivity index (χ1n) is 0.612. The van der Waals surface area contributed by atoms with Gasteiger partial charge in [0.25, 0.3) is 0 Å². The zero-order valence-electron chi connectivity index (χ0n) is 2.53. The van der Waals surface area contributed by atoms with Gasteiger partial charge >= 0.3 is 0 Å². The SMILES string of the molecule is O.O=C([O-])[O-].[Ag]. The Hall–Kier alpha value is -0.0297. The van der Waals surface area contributed by atoms with Gasteiger partial charge in [-0.15, -0.1) is 0 Å². The first kappa shape index (κ1) is 16.7. The van der Waals surface area contributed by atoms with Gasteiger partial charge in [-0.25, -0.2) is 0 Å². The van der Waals surface area contributed by atoms with Gasteiger partial charge in [-0.2, -0.15) is 0 Å². The van der Waals surface area contributed by atoms with Crippen LogP contribution in [0, 0.1) is 0 Å². The van der Waals surface area contributed by atoms with E-state index in [9.17, 15) is 0 Å². The summed E-state index contributed by atoms with van der Waals surface area (Å²) in [5.41, 5.74) is 0. The molecule has 0 aromatic rings. The fraction of sp³-hybridized carbons (Fsp3) is 0. The molecule has 0 aliphatic rings. The molecule has 4 nitrogen and oxygen atoms in total. The van der Waals surface area contributed by atoms with Crippen molar-refractivity contribution in [3.05, 3.63) is 0 Å². The molecular formula is CH2AgO4-2. The number of carbonyl (C=O) groups is 1. The van der Waals surface area contributed by atoms with E-state index in [2.05, 4.69) is 0 Å². The van der Waals surface area contributed by atoms with E-state index in [-0.39, 0.29) is 27.9 Å². The molecule has 0 aromatic carbocycles. The van der Waals surface area contributed by atoms with E-state index >= 15 is 0 Å². The van der Waals surface area contributed by atoms with Gasteiger partial charge in [0.2, 0.25) is 0 Å². The maximum atomic E-state index is 8.33. The Balaban J connectivity index is -0.0000000450. The molecule has 0 bridgehead atoms. The van der Waals surface area contributed by atoms with Gasteiger partial charge < -0.3 is 20.5 Å². The fourth-order valence-corrected chi connectivity index (χ4v) is 0. The Bertz CT molecular complexity index is 30.5. The second-order valence-corrected chi connectivity index (χ2v) is 0.250. The van der Waals surface area contributed by atoms with Crippen LogP contribution in [0.2, 0.25) is 0 Å². The van der Waals surface area contributed by atoms with Crippen molar-refractivity contribution in [2.75, 3.05) is 0 Å². The van der Waals surface area contributed by atoms with Crippen molar-refractivity contribution in [1.29, 1.82) is 0 Å². The third kappa shape index (κ3) is 39600. The van der Waals surface area contributed by atoms with E-state index in [0.717, 1.165) is 0 Å². The molecular weight excluding hydrogens is 184 g/mol. The molecule has 0 unspecified atom stereocenters. The van der Waals surface area contributed by atoms with Crippen LogP contribution in [0.5, 0.6) is 0 Å². The summed E-state index contributed by atoms with van der Waals surface area (Å²) in [6.45, 7) is 0. The van der Waals surface area contributed by atoms with Crippen molar-refractivity contribution in [3.8, 4) is 0 Å². The van der Waals surface area contributed by atoms with E-state index in [4.69, 9.17) is 15.0 Å². The topological polar surface area (TPSA) is 94.7 Å². The Morgan fingerprint density at radius 1 is 1.33 bits per heavy atom. The van der Waals surface area contributed by atoms with Crippen molar-refractivity contribution in [3.63, 3.8) is 0 Å². The van der Waals surface area contributed by atoms with Crippen LogP contribution in [-0.2, 0) is 22.4 Å². The van der Waals surface area contributed by atoms with Crippen molar-refractivity contribution in [2.24, 2.45) is 0 Å². The Morgan fingerprint density at radius 2 is 1.33 bits per heavy atom. The molecule has 0 aliphatic carbocycles. The van der Waals surface area contributed by atoms with Crippen LogP contribution in [0.1, 0.15) is 0 Å². The summed E-state index contributed by atoms with van der Waals surface area (Å²) >= 11 is 0. The second kappa shape index (κ2) is 8.88. The molecule has 0 saturated carbocycles.